The molecule has 0 bridgehead atoms. The highest BCUT2D eigenvalue weighted by molar-refractivity contribution is 14.0. The number of guanidine groups is 1. The van der Waals surface area contributed by atoms with Crippen LogP contribution in [0.4, 0.5) is 0 Å². The molecule has 0 aromatic carbocycles. The largest absolute Gasteiger partial charge is 0.364 e. The van der Waals surface area contributed by atoms with Crippen molar-refractivity contribution in [3.63, 3.8) is 0 Å². The summed E-state index contributed by atoms with van der Waals surface area (Å²) in [5, 5.41) is 10.3. The Morgan fingerprint density at radius 1 is 1.33 bits per heavy atom. The summed E-state index contributed by atoms with van der Waals surface area (Å²) in [6.07, 6.45) is 6.58. The summed E-state index contributed by atoms with van der Waals surface area (Å²) in [5.74, 6) is 0.810. The predicted molar refractivity (Wildman–Crippen MR) is 84.3 cm³/mol. The van der Waals surface area contributed by atoms with Gasteiger partial charge < -0.3 is 15.2 Å². The van der Waals surface area contributed by atoms with E-state index >= 15 is 0 Å². The Bertz CT molecular complexity index is 314. The standard InChI is InChI=1S/C12H22N4O.HI/c1-3-4-5-6-8-14-12(13-2)15-10-11-7-9-17-16-11;/h7,9H,3-6,8,10H2,1-2H3,(H2,13,14,15);1H. The molecule has 0 fully saturated rings. The quantitative estimate of drug-likeness (QED) is 0.337. The van der Waals surface area contributed by atoms with Crippen molar-refractivity contribution in [2.45, 2.75) is 39.2 Å². The zero-order valence-corrected chi connectivity index (χ0v) is 13.4. The van der Waals surface area contributed by atoms with E-state index in [0.717, 1.165) is 18.2 Å². The van der Waals surface area contributed by atoms with Crippen LogP contribution in [0.15, 0.2) is 21.8 Å². The van der Waals surface area contributed by atoms with Gasteiger partial charge in [-0.3, -0.25) is 4.99 Å². The molecule has 0 unspecified atom stereocenters. The Morgan fingerprint density at radius 3 is 2.78 bits per heavy atom. The molecule has 0 saturated carbocycles. The van der Waals surface area contributed by atoms with Crippen molar-refractivity contribution >= 4 is 29.9 Å². The molecule has 0 aliphatic rings. The van der Waals surface area contributed by atoms with Gasteiger partial charge in [-0.1, -0.05) is 31.3 Å². The lowest BCUT2D eigenvalue weighted by molar-refractivity contribution is 0.410. The van der Waals surface area contributed by atoms with E-state index in [0.29, 0.717) is 6.54 Å². The second-order valence-corrected chi connectivity index (χ2v) is 3.90. The fourth-order valence-corrected chi connectivity index (χ4v) is 1.48. The zero-order chi connectivity index (χ0) is 12.3. The fraction of sp³-hybridized carbons (Fsp3) is 0.667. The average molecular weight is 366 g/mol. The van der Waals surface area contributed by atoms with Crippen LogP contribution in [-0.2, 0) is 6.54 Å². The molecule has 2 N–H and O–H groups in total. The third kappa shape index (κ3) is 7.52. The Labute approximate surface area is 126 Å². The second kappa shape index (κ2) is 11.3. The van der Waals surface area contributed by atoms with Gasteiger partial charge in [-0.25, -0.2) is 0 Å². The molecule has 18 heavy (non-hydrogen) atoms. The van der Waals surface area contributed by atoms with Gasteiger partial charge in [-0.05, 0) is 6.42 Å². The summed E-state index contributed by atoms with van der Waals surface area (Å²) in [6, 6.07) is 1.83. The monoisotopic (exact) mass is 366 g/mol. The third-order valence-electron chi connectivity index (χ3n) is 2.47. The molecule has 5 nitrogen and oxygen atoms in total. The molecular weight excluding hydrogens is 343 g/mol. The lowest BCUT2D eigenvalue weighted by atomic mass is 10.2. The van der Waals surface area contributed by atoms with E-state index in [2.05, 4.69) is 27.7 Å². The summed E-state index contributed by atoms with van der Waals surface area (Å²) in [6.45, 7) is 3.80. The van der Waals surface area contributed by atoms with Crippen LogP contribution in [0, 0.1) is 0 Å². The number of aliphatic imine (C=N–C) groups is 1. The number of unbranched alkanes of at least 4 members (excludes halogenated alkanes) is 3. The highest BCUT2D eigenvalue weighted by Crippen LogP contribution is 1.97. The van der Waals surface area contributed by atoms with Gasteiger partial charge in [0.2, 0.25) is 0 Å². The van der Waals surface area contributed by atoms with Crippen LogP contribution in [0.5, 0.6) is 0 Å². The lowest BCUT2D eigenvalue weighted by Gasteiger charge is -2.10. The molecule has 6 heteroatoms. The van der Waals surface area contributed by atoms with Crippen molar-refractivity contribution in [3.8, 4) is 0 Å². The maximum atomic E-state index is 4.76. The maximum absolute atomic E-state index is 4.76. The Kier molecular flexibility index (Phi) is 10.8. The molecule has 0 radical (unpaired) electrons. The van der Waals surface area contributed by atoms with Crippen molar-refractivity contribution < 1.29 is 4.52 Å². The third-order valence-corrected chi connectivity index (χ3v) is 2.47. The lowest BCUT2D eigenvalue weighted by Crippen LogP contribution is -2.37. The molecule has 0 atom stereocenters. The van der Waals surface area contributed by atoms with Gasteiger partial charge in [0, 0.05) is 19.7 Å². The van der Waals surface area contributed by atoms with Crippen molar-refractivity contribution in [1.82, 2.24) is 15.8 Å². The number of nitrogens with zero attached hydrogens (tertiary/aromatic N) is 2. The smallest absolute Gasteiger partial charge is 0.191 e. The van der Waals surface area contributed by atoms with E-state index in [1.807, 2.05) is 6.07 Å². The topological polar surface area (TPSA) is 62.5 Å². The first-order valence-corrected chi connectivity index (χ1v) is 6.20. The van der Waals surface area contributed by atoms with Crippen molar-refractivity contribution in [2.75, 3.05) is 13.6 Å². The minimum Gasteiger partial charge on any atom is -0.364 e. The maximum Gasteiger partial charge on any atom is 0.191 e. The Morgan fingerprint density at radius 2 is 2.17 bits per heavy atom. The molecule has 1 heterocycles. The number of nitrogens with one attached hydrogen (secondary N) is 2. The highest BCUT2D eigenvalue weighted by Gasteiger charge is 1.99. The van der Waals surface area contributed by atoms with Crippen LogP contribution in [-0.4, -0.2) is 24.7 Å². The van der Waals surface area contributed by atoms with E-state index in [1.165, 1.54) is 25.7 Å². The van der Waals surface area contributed by atoms with Gasteiger partial charge >= 0.3 is 0 Å². The molecule has 0 spiro atoms. The van der Waals surface area contributed by atoms with Gasteiger partial charge in [-0.15, -0.1) is 24.0 Å². The van der Waals surface area contributed by atoms with Gasteiger partial charge in [0.15, 0.2) is 5.96 Å². The number of halogens is 1. The molecular formula is C12H23IN4O. The van der Waals surface area contributed by atoms with Gasteiger partial charge in [0.25, 0.3) is 0 Å². The number of hydrogen-bond donors (Lipinski definition) is 2. The van der Waals surface area contributed by atoms with Crippen LogP contribution in [0.2, 0.25) is 0 Å². The van der Waals surface area contributed by atoms with E-state index in [9.17, 15) is 0 Å². The van der Waals surface area contributed by atoms with E-state index in [1.54, 1.807) is 13.3 Å². The van der Waals surface area contributed by atoms with Gasteiger partial charge in [0.05, 0.1) is 6.54 Å². The van der Waals surface area contributed by atoms with Crippen LogP contribution in [0.25, 0.3) is 0 Å². The number of hydrogen-bond acceptors (Lipinski definition) is 3. The van der Waals surface area contributed by atoms with Crippen molar-refractivity contribution in [1.29, 1.82) is 0 Å². The minimum absolute atomic E-state index is 0. The summed E-state index contributed by atoms with van der Waals surface area (Å²) in [7, 11) is 1.77. The summed E-state index contributed by atoms with van der Waals surface area (Å²) in [5.41, 5.74) is 0.874. The normalized spacial score (nSPS) is 10.9. The fourth-order valence-electron chi connectivity index (χ4n) is 1.48. The van der Waals surface area contributed by atoms with Crippen LogP contribution < -0.4 is 10.6 Å². The molecule has 1 aromatic heterocycles. The first-order valence-electron chi connectivity index (χ1n) is 6.20. The molecule has 104 valence electrons. The Balaban J connectivity index is 0.00000289. The summed E-state index contributed by atoms with van der Waals surface area (Å²) < 4.78 is 4.76. The number of aromatic nitrogens is 1. The van der Waals surface area contributed by atoms with E-state index in [4.69, 9.17) is 4.52 Å². The molecule has 0 aliphatic heterocycles. The average Bonchev–Trinajstić information content (AvgIpc) is 2.86. The van der Waals surface area contributed by atoms with E-state index < -0.39 is 0 Å². The Hall–Kier alpha value is -0.790. The molecule has 1 rings (SSSR count). The highest BCUT2D eigenvalue weighted by atomic mass is 127. The summed E-state index contributed by atoms with van der Waals surface area (Å²) in [4.78, 5) is 4.14. The number of rotatable bonds is 7. The van der Waals surface area contributed by atoms with Gasteiger partial charge in [0.1, 0.15) is 12.0 Å². The summed E-state index contributed by atoms with van der Waals surface area (Å²) >= 11 is 0. The van der Waals surface area contributed by atoms with E-state index in [-0.39, 0.29) is 24.0 Å². The van der Waals surface area contributed by atoms with Gasteiger partial charge in [-0.2, -0.15) is 0 Å². The molecule has 1 aromatic rings. The second-order valence-electron chi connectivity index (χ2n) is 3.90. The first-order chi connectivity index (χ1) is 8.36. The van der Waals surface area contributed by atoms with Crippen molar-refractivity contribution in [3.05, 3.63) is 18.0 Å². The molecule has 0 aliphatic carbocycles. The zero-order valence-electron chi connectivity index (χ0n) is 11.1. The molecule has 0 amide bonds. The first kappa shape index (κ1) is 17.2. The minimum atomic E-state index is 0. The SMILES string of the molecule is CCCCCCNC(=NC)NCc1ccon1.I. The predicted octanol–water partition coefficient (Wildman–Crippen LogP) is 2.54. The van der Waals surface area contributed by atoms with Crippen LogP contribution >= 0.6 is 24.0 Å². The van der Waals surface area contributed by atoms with Crippen molar-refractivity contribution in [2.24, 2.45) is 4.99 Å². The van der Waals surface area contributed by atoms with Crippen LogP contribution in [0.3, 0.4) is 0 Å². The van der Waals surface area contributed by atoms with Crippen LogP contribution in [0.1, 0.15) is 38.3 Å². The molecule has 0 saturated heterocycles.